The number of carbonyl (C=O) groups is 3. The Morgan fingerprint density at radius 1 is 1.27 bits per heavy atom. The minimum absolute atomic E-state index is 0.0719. The van der Waals surface area contributed by atoms with Crippen LogP contribution in [-0.4, -0.2) is 33.1 Å². The van der Waals surface area contributed by atoms with Crippen molar-refractivity contribution in [3.63, 3.8) is 0 Å². The summed E-state index contributed by atoms with van der Waals surface area (Å²) in [6.07, 6.45) is 0. The number of hydrogen-bond acceptors (Lipinski definition) is 4. The van der Waals surface area contributed by atoms with E-state index in [1.165, 1.54) is 0 Å². The number of nitrogens with zero attached hydrogens (tertiary/aromatic N) is 2. The van der Waals surface area contributed by atoms with Crippen molar-refractivity contribution in [1.82, 2.24) is 25.9 Å². The molecule has 3 rings (SSSR count). The van der Waals surface area contributed by atoms with Crippen molar-refractivity contribution in [2.45, 2.75) is 32.2 Å². The lowest BCUT2D eigenvalue weighted by atomic mass is 9.92. The average Bonchev–Trinajstić information content (AvgIpc) is 3.09. The standard InChI is InChI=1S/C17H18BrN5O3/c1-9(2)12-11(18)13(21-20-12)14(24)22-23-15(25)17(3,19-16(23)26)10-7-5-4-6-8-10/h4-9H,1-3H3,(H,19,26)(H,20,21)(H,22,24). The number of rotatable bonds is 4. The van der Waals surface area contributed by atoms with E-state index in [0.717, 1.165) is 5.69 Å². The Bertz CT molecular complexity index is 880. The zero-order chi connectivity index (χ0) is 19.1. The average molecular weight is 420 g/mol. The number of hydrazine groups is 1. The van der Waals surface area contributed by atoms with Gasteiger partial charge in [-0.15, -0.1) is 0 Å². The molecule has 0 radical (unpaired) electrons. The van der Waals surface area contributed by atoms with Gasteiger partial charge in [0.25, 0.3) is 11.8 Å². The van der Waals surface area contributed by atoms with E-state index in [1.54, 1.807) is 31.2 Å². The maximum Gasteiger partial charge on any atom is 0.344 e. The van der Waals surface area contributed by atoms with E-state index >= 15 is 0 Å². The number of nitrogens with one attached hydrogen (secondary N) is 3. The van der Waals surface area contributed by atoms with Crippen LogP contribution in [0.15, 0.2) is 34.8 Å². The minimum Gasteiger partial charge on any atom is -0.318 e. The van der Waals surface area contributed by atoms with Crippen LogP contribution in [0.3, 0.4) is 0 Å². The summed E-state index contributed by atoms with van der Waals surface area (Å²) in [5.41, 5.74) is 2.53. The first-order chi connectivity index (χ1) is 12.3. The van der Waals surface area contributed by atoms with Crippen molar-refractivity contribution in [1.29, 1.82) is 0 Å². The van der Waals surface area contributed by atoms with Gasteiger partial charge in [-0.25, -0.2) is 4.79 Å². The fourth-order valence-corrected chi connectivity index (χ4v) is 3.55. The van der Waals surface area contributed by atoms with Gasteiger partial charge >= 0.3 is 6.03 Å². The molecular formula is C17H18BrN5O3. The third-order valence-corrected chi connectivity index (χ3v) is 5.08. The molecule has 1 aliphatic heterocycles. The van der Waals surface area contributed by atoms with Crippen LogP contribution in [0.25, 0.3) is 0 Å². The quantitative estimate of drug-likeness (QED) is 0.661. The first kappa shape index (κ1) is 18.1. The molecule has 2 aromatic rings. The Hall–Kier alpha value is -2.68. The van der Waals surface area contributed by atoms with E-state index in [9.17, 15) is 14.4 Å². The summed E-state index contributed by atoms with van der Waals surface area (Å²) >= 11 is 3.33. The molecule has 136 valence electrons. The molecule has 1 unspecified atom stereocenters. The minimum atomic E-state index is -1.25. The van der Waals surface area contributed by atoms with Crippen LogP contribution in [-0.2, 0) is 10.3 Å². The van der Waals surface area contributed by atoms with Gasteiger partial charge < -0.3 is 5.32 Å². The number of H-pyrrole nitrogens is 1. The number of aromatic amines is 1. The van der Waals surface area contributed by atoms with Gasteiger partial charge in [0.1, 0.15) is 5.54 Å². The topological polar surface area (TPSA) is 107 Å². The number of halogens is 1. The number of hydrogen-bond donors (Lipinski definition) is 3. The first-order valence-electron chi connectivity index (χ1n) is 8.02. The maximum atomic E-state index is 12.8. The highest BCUT2D eigenvalue weighted by molar-refractivity contribution is 9.10. The zero-order valence-electron chi connectivity index (χ0n) is 14.5. The number of carbonyl (C=O) groups excluding carboxylic acids is 3. The van der Waals surface area contributed by atoms with Crippen LogP contribution in [0, 0.1) is 0 Å². The van der Waals surface area contributed by atoms with Crippen LogP contribution in [0.4, 0.5) is 4.79 Å². The van der Waals surface area contributed by atoms with Crippen molar-refractivity contribution in [3.8, 4) is 0 Å². The van der Waals surface area contributed by atoms with Gasteiger partial charge in [0.15, 0.2) is 5.69 Å². The predicted octanol–water partition coefficient (Wildman–Crippen LogP) is 2.41. The molecule has 2 heterocycles. The summed E-state index contributed by atoms with van der Waals surface area (Å²) < 4.78 is 0.503. The molecule has 9 heteroatoms. The molecule has 1 atom stereocenters. The van der Waals surface area contributed by atoms with E-state index in [1.807, 2.05) is 19.9 Å². The van der Waals surface area contributed by atoms with Crippen LogP contribution >= 0.6 is 15.9 Å². The zero-order valence-corrected chi connectivity index (χ0v) is 16.0. The maximum absolute atomic E-state index is 12.8. The van der Waals surface area contributed by atoms with Crippen molar-refractivity contribution in [3.05, 3.63) is 51.8 Å². The Kier molecular flexibility index (Phi) is 4.57. The second-order valence-electron chi connectivity index (χ2n) is 6.46. The second-order valence-corrected chi connectivity index (χ2v) is 7.25. The summed E-state index contributed by atoms with van der Waals surface area (Å²) in [5.74, 6) is -1.12. The number of imide groups is 1. The van der Waals surface area contributed by atoms with Crippen molar-refractivity contribution < 1.29 is 14.4 Å². The first-order valence-corrected chi connectivity index (χ1v) is 8.82. The molecule has 1 aromatic heterocycles. The highest BCUT2D eigenvalue weighted by Gasteiger charge is 2.50. The van der Waals surface area contributed by atoms with Gasteiger partial charge in [-0.05, 0) is 34.3 Å². The lowest BCUT2D eigenvalue weighted by molar-refractivity contribution is -0.132. The smallest absolute Gasteiger partial charge is 0.318 e. The highest BCUT2D eigenvalue weighted by atomic mass is 79.9. The third-order valence-electron chi connectivity index (χ3n) is 4.28. The van der Waals surface area contributed by atoms with Gasteiger partial charge in [-0.3, -0.25) is 20.1 Å². The molecule has 0 aliphatic carbocycles. The summed E-state index contributed by atoms with van der Waals surface area (Å²) in [6.45, 7) is 5.49. The number of aromatic nitrogens is 2. The molecule has 3 N–H and O–H groups in total. The SMILES string of the molecule is CC(C)c1[nH]nc(C(=O)NN2C(=O)NC(C)(c3ccccc3)C2=O)c1Br. The predicted molar refractivity (Wildman–Crippen MR) is 97.0 cm³/mol. The van der Waals surface area contributed by atoms with E-state index in [4.69, 9.17) is 0 Å². The Morgan fingerprint density at radius 3 is 2.50 bits per heavy atom. The molecule has 0 spiro atoms. The third kappa shape index (κ3) is 2.88. The number of urea groups is 1. The largest absolute Gasteiger partial charge is 0.344 e. The van der Waals surface area contributed by atoms with E-state index < -0.39 is 23.4 Å². The van der Waals surface area contributed by atoms with Gasteiger partial charge in [-0.1, -0.05) is 44.2 Å². The Balaban J connectivity index is 1.83. The molecule has 1 aliphatic rings. The van der Waals surface area contributed by atoms with Crippen molar-refractivity contribution in [2.75, 3.05) is 0 Å². The number of benzene rings is 1. The fraction of sp³-hybridized carbons (Fsp3) is 0.294. The normalized spacial score (nSPS) is 19.8. The molecule has 4 amide bonds. The molecule has 1 aromatic carbocycles. The summed E-state index contributed by atoms with van der Waals surface area (Å²) in [6, 6.07) is 8.14. The lowest BCUT2D eigenvalue weighted by Gasteiger charge is -2.21. The Labute approximate surface area is 158 Å². The van der Waals surface area contributed by atoms with E-state index in [2.05, 4.69) is 36.9 Å². The van der Waals surface area contributed by atoms with Crippen LogP contribution in [0.5, 0.6) is 0 Å². The second kappa shape index (κ2) is 6.56. The summed E-state index contributed by atoms with van der Waals surface area (Å²) in [7, 11) is 0. The fourth-order valence-electron chi connectivity index (χ4n) is 2.74. The van der Waals surface area contributed by atoms with Gasteiger partial charge in [-0.2, -0.15) is 10.1 Å². The molecule has 0 saturated carbocycles. The Morgan fingerprint density at radius 2 is 1.92 bits per heavy atom. The lowest BCUT2D eigenvalue weighted by Crippen LogP contribution is -2.48. The van der Waals surface area contributed by atoms with Gasteiger partial charge in [0.2, 0.25) is 0 Å². The molecule has 26 heavy (non-hydrogen) atoms. The van der Waals surface area contributed by atoms with Gasteiger partial charge in [0.05, 0.1) is 10.2 Å². The molecule has 1 fully saturated rings. The van der Waals surface area contributed by atoms with Crippen LogP contribution < -0.4 is 10.7 Å². The summed E-state index contributed by atoms with van der Waals surface area (Å²) in [5, 5.41) is 10.1. The van der Waals surface area contributed by atoms with Gasteiger partial charge in [0, 0.05) is 0 Å². The van der Waals surface area contributed by atoms with Crippen LogP contribution in [0.1, 0.15) is 48.4 Å². The van der Waals surface area contributed by atoms with Crippen molar-refractivity contribution >= 4 is 33.8 Å². The summed E-state index contributed by atoms with van der Waals surface area (Å²) in [4.78, 5) is 37.6. The van der Waals surface area contributed by atoms with E-state index in [0.29, 0.717) is 15.0 Å². The highest BCUT2D eigenvalue weighted by Crippen LogP contribution is 2.29. The monoisotopic (exact) mass is 419 g/mol. The van der Waals surface area contributed by atoms with Crippen LogP contribution in [0.2, 0.25) is 0 Å². The molecule has 0 bridgehead atoms. The van der Waals surface area contributed by atoms with E-state index in [-0.39, 0.29) is 11.6 Å². The number of amides is 4. The molecule has 8 nitrogen and oxygen atoms in total. The molecule has 1 saturated heterocycles. The van der Waals surface area contributed by atoms with Crippen molar-refractivity contribution in [2.24, 2.45) is 0 Å². The molecular weight excluding hydrogens is 402 g/mol.